The number of rotatable bonds is 6. The molecule has 5 heteroatoms. The highest BCUT2D eigenvalue weighted by Crippen LogP contribution is 2.49. The number of aryl methyl sites for hydroxylation is 1. The molecule has 2 unspecified atom stereocenters. The number of halogens is 1. The van der Waals surface area contributed by atoms with Crippen LogP contribution in [0.3, 0.4) is 0 Å². The van der Waals surface area contributed by atoms with Gasteiger partial charge in [0.25, 0.3) is 0 Å². The van der Waals surface area contributed by atoms with Gasteiger partial charge < -0.3 is 4.74 Å². The molecule has 4 nitrogen and oxygen atoms in total. The summed E-state index contributed by atoms with van der Waals surface area (Å²) in [6, 6.07) is 0. The van der Waals surface area contributed by atoms with Gasteiger partial charge in [0, 0.05) is 30.9 Å². The number of aromatic nitrogens is 3. The van der Waals surface area contributed by atoms with E-state index < -0.39 is 0 Å². The fourth-order valence-corrected chi connectivity index (χ4v) is 3.64. The topological polar surface area (TPSA) is 39.9 Å². The Morgan fingerprint density at radius 1 is 1.53 bits per heavy atom. The Balaban J connectivity index is 1.80. The molecule has 1 saturated heterocycles. The van der Waals surface area contributed by atoms with E-state index >= 15 is 0 Å². The van der Waals surface area contributed by atoms with Crippen molar-refractivity contribution in [3.8, 4) is 0 Å². The van der Waals surface area contributed by atoms with Crippen LogP contribution >= 0.6 is 11.6 Å². The van der Waals surface area contributed by atoms with Crippen LogP contribution in [0, 0.1) is 11.3 Å². The van der Waals surface area contributed by atoms with E-state index in [-0.39, 0.29) is 5.41 Å². The number of alkyl halides is 1. The molecule has 0 N–H and O–H groups in total. The van der Waals surface area contributed by atoms with Crippen LogP contribution in [0.4, 0.5) is 0 Å². The lowest BCUT2D eigenvalue weighted by molar-refractivity contribution is 0.0390. The lowest BCUT2D eigenvalue weighted by Gasteiger charge is -2.32. The Morgan fingerprint density at radius 3 is 3.05 bits per heavy atom. The fraction of sp³-hybridized carbons (Fsp3) is 0.857. The Bertz CT molecular complexity index is 432. The van der Waals surface area contributed by atoms with E-state index in [9.17, 15) is 0 Å². The second-order valence-corrected chi connectivity index (χ2v) is 6.22. The van der Waals surface area contributed by atoms with Crippen LogP contribution in [0.25, 0.3) is 0 Å². The molecule has 1 aliphatic heterocycles. The number of hydrogen-bond donors (Lipinski definition) is 0. The molecule has 0 amide bonds. The van der Waals surface area contributed by atoms with Crippen LogP contribution in [0.1, 0.15) is 38.4 Å². The molecule has 2 heterocycles. The lowest BCUT2D eigenvalue weighted by Crippen LogP contribution is -2.37. The van der Waals surface area contributed by atoms with E-state index in [1.807, 2.05) is 4.68 Å². The molecule has 1 aromatic rings. The van der Waals surface area contributed by atoms with E-state index in [1.165, 1.54) is 12.8 Å². The first-order valence-corrected chi connectivity index (χ1v) is 7.87. The average molecular weight is 284 g/mol. The first-order chi connectivity index (χ1) is 9.29. The zero-order valence-corrected chi connectivity index (χ0v) is 12.3. The van der Waals surface area contributed by atoms with Gasteiger partial charge in [0.15, 0.2) is 0 Å². The highest BCUT2D eigenvalue weighted by molar-refractivity contribution is 6.18. The third-order valence-electron chi connectivity index (χ3n) is 4.46. The van der Waals surface area contributed by atoms with E-state index in [2.05, 4.69) is 17.0 Å². The van der Waals surface area contributed by atoms with Crippen molar-refractivity contribution in [3.05, 3.63) is 12.2 Å². The van der Waals surface area contributed by atoms with E-state index in [1.54, 1.807) is 6.33 Å². The molecule has 1 aliphatic carbocycles. The average Bonchev–Trinajstić information content (AvgIpc) is 3.04. The van der Waals surface area contributed by atoms with Gasteiger partial charge in [-0.15, -0.1) is 11.6 Å². The van der Waals surface area contributed by atoms with Gasteiger partial charge in [-0.05, 0) is 31.6 Å². The third-order valence-corrected chi connectivity index (χ3v) is 4.99. The van der Waals surface area contributed by atoms with E-state index in [4.69, 9.17) is 16.3 Å². The lowest BCUT2D eigenvalue weighted by atomic mass is 9.77. The first kappa shape index (κ1) is 13.4. The summed E-state index contributed by atoms with van der Waals surface area (Å²) in [5.74, 6) is 2.45. The van der Waals surface area contributed by atoms with Gasteiger partial charge in [0.1, 0.15) is 12.2 Å². The molecule has 3 rings (SSSR count). The molecule has 1 saturated carbocycles. The molecule has 0 radical (unpaired) electrons. The van der Waals surface area contributed by atoms with Crippen LogP contribution < -0.4 is 0 Å². The molecular weight excluding hydrogens is 262 g/mol. The maximum Gasteiger partial charge on any atom is 0.138 e. The normalized spacial score (nSPS) is 30.9. The number of ether oxygens (including phenoxy) is 1. The van der Waals surface area contributed by atoms with Crippen molar-refractivity contribution >= 4 is 11.6 Å². The van der Waals surface area contributed by atoms with E-state index in [0.717, 1.165) is 44.2 Å². The molecule has 0 aromatic carbocycles. The SMILES string of the molecule is CCCn1ncnc1CC1(CCl)CCOC1C1CC1. The summed E-state index contributed by atoms with van der Waals surface area (Å²) >= 11 is 6.34. The molecule has 0 bridgehead atoms. The quantitative estimate of drug-likeness (QED) is 0.754. The molecule has 0 spiro atoms. The van der Waals surface area contributed by atoms with Crippen molar-refractivity contribution in [2.24, 2.45) is 11.3 Å². The van der Waals surface area contributed by atoms with Gasteiger partial charge >= 0.3 is 0 Å². The van der Waals surface area contributed by atoms with Crippen LogP contribution in [0.15, 0.2) is 6.33 Å². The standard InChI is InChI=1S/C14H22ClN3O/c1-2-6-18-12(16-10-17-18)8-14(9-15)5-7-19-13(14)11-3-4-11/h10-11,13H,2-9H2,1H3. The molecular formula is C14H22ClN3O. The number of nitrogens with zero attached hydrogens (tertiary/aromatic N) is 3. The van der Waals surface area contributed by atoms with Gasteiger partial charge in [-0.2, -0.15) is 5.10 Å². The summed E-state index contributed by atoms with van der Waals surface area (Å²) in [6.45, 7) is 3.94. The predicted molar refractivity (Wildman–Crippen MR) is 74.3 cm³/mol. The predicted octanol–water partition coefficient (Wildman–Crippen LogP) is 2.65. The summed E-state index contributed by atoms with van der Waals surface area (Å²) in [7, 11) is 0. The summed E-state index contributed by atoms with van der Waals surface area (Å²) < 4.78 is 8.01. The molecule has 2 fully saturated rings. The van der Waals surface area contributed by atoms with Crippen LogP contribution in [0.2, 0.25) is 0 Å². The second-order valence-electron chi connectivity index (χ2n) is 5.95. The second kappa shape index (κ2) is 5.41. The summed E-state index contributed by atoms with van der Waals surface area (Å²) in [4.78, 5) is 4.44. The number of hydrogen-bond acceptors (Lipinski definition) is 3. The third kappa shape index (κ3) is 2.52. The van der Waals surface area contributed by atoms with Crippen molar-refractivity contribution in [3.63, 3.8) is 0 Å². The molecule has 106 valence electrons. The smallest absolute Gasteiger partial charge is 0.138 e. The highest BCUT2D eigenvalue weighted by atomic mass is 35.5. The molecule has 19 heavy (non-hydrogen) atoms. The van der Waals surface area contributed by atoms with Gasteiger partial charge in [0.05, 0.1) is 6.10 Å². The first-order valence-electron chi connectivity index (χ1n) is 7.33. The minimum atomic E-state index is 0.0707. The van der Waals surface area contributed by atoms with E-state index in [0.29, 0.717) is 12.0 Å². The Hall–Kier alpha value is -0.610. The van der Waals surface area contributed by atoms with Crippen molar-refractivity contribution < 1.29 is 4.74 Å². The van der Waals surface area contributed by atoms with Crippen molar-refractivity contribution in [2.45, 2.75) is 51.7 Å². The Labute approximate surface area is 119 Å². The Morgan fingerprint density at radius 2 is 2.37 bits per heavy atom. The van der Waals surface area contributed by atoms with Crippen LogP contribution in [0.5, 0.6) is 0 Å². The minimum absolute atomic E-state index is 0.0707. The monoisotopic (exact) mass is 283 g/mol. The molecule has 2 atom stereocenters. The van der Waals surface area contributed by atoms with Crippen LogP contribution in [-0.2, 0) is 17.7 Å². The minimum Gasteiger partial charge on any atom is -0.377 e. The van der Waals surface area contributed by atoms with Crippen molar-refractivity contribution in [2.75, 3.05) is 12.5 Å². The highest BCUT2D eigenvalue weighted by Gasteiger charge is 2.51. The summed E-state index contributed by atoms with van der Waals surface area (Å²) in [5, 5.41) is 4.32. The maximum atomic E-state index is 6.34. The molecule has 2 aliphatic rings. The zero-order chi connectivity index (χ0) is 13.3. The van der Waals surface area contributed by atoms with Gasteiger partial charge in [-0.25, -0.2) is 4.98 Å². The largest absolute Gasteiger partial charge is 0.377 e. The summed E-state index contributed by atoms with van der Waals surface area (Å²) in [5.41, 5.74) is 0.0707. The van der Waals surface area contributed by atoms with Gasteiger partial charge in [0.2, 0.25) is 0 Å². The maximum absolute atomic E-state index is 6.34. The van der Waals surface area contributed by atoms with Gasteiger partial charge in [-0.1, -0.05) is 6.92 Å². The van der Waals surface area contributed by atoms with Crippen molar-refractivity contribution in [1.82, 2.24) is 14.8 Å². The van der Waals surface area contributed by atoms with Crippen molar-refractivity contribution in [1.29, 1.82) is 0 Å². The Kier molecular flexibility index (Phi) is 3.81. The summed E-state index contributed by atoms with van der Waals surface area (Å²) in [6.07, 6.45) is 7.61. The van der Waals surface area contributed by atoms with Crippen LogP contribution in [-0.4, -0.2) is 33.4 Å². The fourth-order valence-electron chi connectivity index (χ4n) is 3.26. The van der Waals surface area contributed by atoms with Gasteiger partial charge in [-0.3, -0.25) is 4.68 Å². The zero-order valence-electron chi connectivity index (χ0n) is 11.5. The molecule has 1 aromatic heterocycles.